The van der Waals surface area contributed by atoms with Crippen molar-refractivity contribution in [3.05, 3.63) is 12.7 Å². The van der Waals surface area contributed by atoms with E-state index in [0.717, 1.165) is 19.3 Å². The first kappa shape index (κ1) is 18.5. The van der Waals surface area contributed by atoms with Crippen molar-refractivity contribution < 1.29 is 19.4 Å². The number of rotatable bonds is 8. The third-order valence-corrected chi connectivity index (χ3v) is 2.80. The maximum atomic E-state index is 11.6. The smallest absolute Gasteiger partial charge is 0.408 e. The molecule has 0 aliphatic heterocycles. The Balaban J connectivity index is 4.27. The lowest BCUT2D eigenvalue weighted by Crippen LogP contribution is -2.43. The summed E-state index contributed by atoms with van der Waals surface area (Å²) in [6, 6.07) is -0.906. The first-order chi connectivity index (χ1) is 9.15. The van der Waals surface area contributed by atoms with Gasteiger partial charge < -0.3 is 15.2 Å². The predicted molar refractivity (Wildman–Crippen MR) is 78.6 cm³/mol. The first-order valence-electron chi connectivity index (χ1n) is 6.99. The van der Waals surface area contributed by atoms with Gasteiger partial charge in [0.15, 0.2) is 0 Å². The Kier molecular flexibility index (Phi) is 7.96. The van der Waals surface area contributed by atoms with Crippen molar-refractivity contribution in [1.82, 2.24) is 5.32 Å². The minimum absolute atomic E-state index is 0.396. The highest BCUT2D eigenvalue weighted by Crippen LogP contribution is 2.15. The van der Waals surface area contributed by atoms with Crippen LogP contribution >= 0.6 is 0 Å². The van der Waals surface area contributed by atoms with Crippen molar-refractivity contribution >= 4 is 12.1 Å². The van der Waals surface area contributed by atoms with Crippen molar-refractivity contribution in [1.29, 1.82) is 0 Å². The number of carboxylic acids is 1. The van der Waals surface area contributed by atoms with Crippen LogP contribution in [0.2, 0.25) is 0 Å². The Morgan fingerprint density at radius 3 is 2.35 bits per heavy atom. The number of amides is 1. The van der Waals surface area contributed by atoms with Gasteiger partial charge in [-0.3, -0.25) is 0 Å². The molecule has 0 aromatic carbocycles. The monoisotopic (exact) mass is 285 g/mol. The summed E-state index contributed by atoms with van der Waals surface area (Å²) in [6.07, 6.45) is 4.18. The fraction of sp³-hybridized carbons (Fsp3) is 0.733. The second-order valence-corrected chi connectivity index (χ2v) is 6.09. The normalized spacial score (nSPS) is 14.2. The molecule has 0 aromatic rings. The predicted octanol–water partition coefficient (Wildman–Crippen LogP) is 3.35. The van der Waals surface area contributed by atoms with E-state index in [9.17, 15) is 9.59 Å². The molecule has 0 spiro atoms. The summed E-state index contributed by atoms with van der Waals surface area (Å²) in [5.74, 6) is -0.637. The number of nitrogens with one attached hydrogen (secondary N) is 1. The van der Waals surface area contributed by atoms with Gasteiger partial charge in [0.1, 0.15) is 11.6 Å². The fourth-order valence-corrected chi connectivity index (χ4v) is 1.71. The number of carbonyl (C=O) groups excluding carboxylic acids is 1. The first-order valence-corrected chi connectivity index (χ1v) is 6.99. The van der Waals surface area contributed by atoms with E-state index in [-0.39, 0.29) is 0 Å². The molecule has 0 saturated carbocycles. The van der Waals surface area contributed by atoms with E-state index in [4.69, 9.17) is 9.84 Å². The van der Waals surface area contributed by atoms with Crippen LogP contribution in [0.3, 0.4) is 0 Å². The lowest BCUT2D eigenvalue weighted by molar-refractivity contribution is -0.139. The van der Waals surface area contributed by atoms with E-state index < -0.39 is 23.7 Å². The number of carboxylic acid groups (broad SMARTS) is 1. The molecule has 5 heteroatoms. The van der Waals surface area contributed by atoms with Gasteiger partial charge in [0.2, 0.25) is 0 Å². The van der Waals surface area contributed by atoms with E-state index in [2.05, 4.69) is 18.8 Å². The molecule has 2 atom stereocenters. The third kappa shape index (κ3) is 9.42. The van der Waals surface area contributed by atoms with Crippen LogP contribution in [0, 0.1) is 5.92 Å². The van der Waals surface area contributed by atoms with Crippen molar-refractivity contribution in [2.24, 2.45) is 5.92 Å². The highest BCUT2D eigenvalue weighted by molar-refractivity contribution is 5.79. The summed E-state index contributed by atoms with van der Waals surface area (Å²) in [7, 11) is 0. The zero-order valence-electron chi connectivity index (χ0n) is 12.9. The van der Waals surface area contributed by atoms with Crippen LogP contribution in [0.1, 0.15) is 53.4 Å². The lowest BCUT2D eigenvalue weighted by atomic mass is 9.97. The third-order valence-electron chi connectivity index (χ3n) is 2.80. The molecule has 0 aromatic heterocycles. The molecular weight excluding hydrogens is 258 g/mol. The molecule has 2 N–H and O–H groups in total. The maximum Gasteiger partial charge on any atom is 0.408 e. The molecule has 0 rings (SSSR count). The number of aliphatic carboxylic acids is 1. The number of ether oxygens (including phenoxy) is 1. The number of hydrogen-bond donors (Lipinski definition) is 2. The number of hydrogen-bond acceptors (Lipinski definition) is 3. The van der Waals surface area contributed by atoms with Crippen LogP contribution in [0.25, 0.3) is 0 Å². The van der Waals surface area contributed by atoms with Crippen LogP contribution in [0.5, 0.6) is 0 Å². The van der Waals surface area contributed by atoms with Crippen LogP contribution in [-0.4, -0.2) is 28.8 Å². The van der Waals surface area contributed by atoms with Crippen molar-refractivity contribution in [3.63, 3.8) is 0 Å². The second kappa shape index (κ2) is 8.61. The van der Waals surface area contributed by atoms with Crippen molar-refractivity contribution in [2.45, 2.75) is 65.0 Å². The largest absolute Gasteiger partial charge is 0.480 e. The van der Waals surface area contributed by atoms with E-state index in [1.165, 1.54) is 0 Å². The Hall–Kier alpha value is -1.52. The molecule has 0 fully saturated rings. The van der Waals surface area contributed by atoms with Gasteiger partial charge in [-0.25, -0.2) is 9.59 Å². The highest BCUT2D eigenvalue weighted by Gasteiger charge is 2.24. The SMILES string of the molecule is C=CCC[C@@H](C)CC[C@@H](NC(=O)OC(C)(C)C)C(=O)O. The Labute approximate surface area is 121 Å². The number of alkyl carbamates (subject to hydrolysis) is 1. The Morgan fingerprint density at radius 1 is 1.30 bits per heavy atom. The molecule has 20 heavy (non-hydrogen) atoms. The van der Waals surface area contributed by atoms with E-state index >= 15 is 0 Å². The lowest BCUT2D eigenvalue weighted by Gasteiger charge is -2.22. The minimum atomic E-state index is -1.04. The number of allylic oxidation sites excluding steroid dienone is 1. The summed E-state index contributed by atoms with van der Waals surface area (Å²) in [6.45, 7) is 10.9. The summed E-state index contributed by atoms with van der Waals surface area (Å²) in [5.41, 5.74) is -0.635. The zero-order chi connectivity index (χ0) is 15.8. The van der Waals surface area contributed by atoms with Crippen LogP contribution in [-0.2, 0) is 9.53 Å². The molecule has 0 heterocycles. The van der Waals surface area contributed by atoms with Gasteiger partial charge in [0.25, 0.3) is 0 Å². The Bertz CT molecular complexity index is 333. The second-order valence-electron chi connectivity index (χ2n) is 6.09. The number of carbonyl (C=O) groups is 2. The Morgan fingerprint density at radius 2 is 1.90 bits per heavy atom. The molecule has 1 amide bonds. The van der Waals surface area contributed by atoms with Crippen molar-refractivity contribution in [3.8, 4) is 0 Å². The molecule has 0 aliphatic rings. The molecule has 0 aliphatic carbocycles. The van der Waals surface area contributed by atoms with Gasteiger partial charge in [-0.15, -0.1) is 6.58 Å². The average Bonchev–Trinajstić information content (AvgIpc) is 2.29. The maximum absolute atomic E-state index is 11.6. The molecule has 116 valence electrons. The standard InChI is InChI=1S/C15H27NO4/c1-6-7-8-11(2)9-10-12(13(17)18)16-14(19)20-15(3,4)5/h6,11-12H,1,7-10H2,2-5H3,(H,16,19)(H,17,18)/t11-,12-/m1/s1. The summed E-state index contributed by atoms with van der Waals surface area (Å²) in [5, 5.41) is 11.5. The highest BCUT2D eigenvalue weighted by atomic mass is 16.6. The summed E-state index contributed by atoms with van der Waals surface area (Å²) in [4.78, 5) is 22.7. The van der Waals surface area contributed by atoms with Crippen molar-refractivity contribution in [2.75, 3.05) is 0 Å². The van der Waals surface area contributed by atoms with Gasteiger partial charge >= 0.3 is 12.1 Å². The van der Waals surface area contributed by atoms with Crippen LogP contribution in [0.15, 0.2) is 12.7 Å². The van der Waals surface area contributed by atoms with Gasteiger partial charge in [-0.2, -0.15) is 0 Å². The van der Waals surface area contributed by atoms with Gasteiger partial charge in [0, 0.05) is 0 Å². The molecule has 0 bridgehead atoms. The molecule has 5 nitrogen and oxygen atoms in total. The molecular formula is C15H27NO4. The van der Waals surface area contributed by atoms with Crippen LogP contribution in [0.4, 0.5) is 4.79 Å². The minimum Gasteiger partial charge on any atom is -0.480 e. The summed E-state index contributed by atoms with van der Waals surface area (Å²) < 4.78 is 5.06. The topological polar surface area (TPSA) is 75.6 Å². The van der Waals surface area contributed by atoms with Gasteiger partial charge in [-0.05, 0) is 52.4 Å². The molecule has 0 radical (unpaired) electrons. The van der Waals surface area contributed by atoms with E-state index in [0.29, 0.717) is 12.3 Å². The van der Waals surface area contributed by atoms with E-state index in [1.807, 2.05) is 6.08 Å². The average molecular weight is 285 g/mol. The fourth-order valence-electron chi connectivity index (χ4n) is 1.71. The van der Waals surface area contributed by atoms with Crippen LogP contribution < -0.4 is 5.32 Å². The quantitative estimate of drug-likeness (QED) is 0.671. The summed E-state index contributed by atoms with van der Waals surface area (Å²) >= 11 is 0. The zero-order valence-corrected chi connectivity index (χ0v) is 12.9. The van der Waals surface area contributed by atoms with Gasteiger partial charge in [-0.1, -0.05) is 13.0 Å². The van der Waals surface area contributed by atoms with Gasteiger partial charge in [0.05, 0.1) is 0 Å². The molecule has 0 saturated heterocycles. The molecule has 0 unspecified atom stereocenters. The van der Waals surface area contributed by atoms with E-state index in [1.54, 1.807) is 20.8 Å².